The topological polar surface area (TPSA) is 9.23 Å². The van der Waals surface area contributed by atoms with Crippen molar-refractivity contribution >= 4 is 5.83 Å². The van der Waals surface area contributed by atoms with Gasteiger partial charge in [0.25, 0.3) is 0 Å². The number of allylic oxidation sites excluding steroid dienone is 1. The van der Waals surface area contributed by atoms with Gasteiger partial charge in [0.15, 0.2) is 17.8 Å². The van der Waals surface area contributed by atoms with E-state index in [1.54, 1.807) is 6.26 Å². The van der Waals surface area contributed by atoms with Gasteiger partial charge in [0.2, 0.25) is 0 Å². The zero-order valence-electron chi connectivity index (χ0n) is 12.7. The maximum Gasteiger partial charge on any atom is 0.176 e. The molecule has 0 saturated carbocycles. The normalized spacial score (nSPS) is 19.3. The standard InChI is InChI=1S/C18H21F3O/c1-2-3-4-5-13-6-11-16(22-12-13)18(21)17(20)14-7-9-15(19)10-8-14/h7-10,12,16H,2-6,11H2,1H3/b18-17+. The fraction of sp³-hybridized carbons (Fsp3) is 0.444. The van der Waals surface area contributed by atoms with Gasteiger partial charge in [-0.2, -0.15) is 0 Å². The summed E-state index contributed by atoms with van der Waals surface area (Å²) in [5.74, 6) is -2.38. The molecule has 1 atom stereocenters. The van der Waals surface area contributed by atoms with E-state index in [1.165, 1.54) is 12.1 Å². The lowest BCUT2D eigenvalue weighted by Crippen LogP contribution is -2.16. The number of rotatable bonds is 6. The second-order valence-corrected chi connectivity index (χ2v) is 5.57. The molecule has 1 nitrogen and oxygen atoms in total. The smallest absolute Gasteiger partial charge is 0.176 e. The van der Waals surface area contributed by atoms with Crippen molar-refractivity contribution in [2.24, 2.45) is 0 Å². The van der Waals surface area contributed by atoms with E-state index in [4.69, 9.17) is 4.74 Å². The molecule has 0 fully saturated rings. The van der Waals surface area contributed by atoms with E-state index in [-0.39, 0.29) is 5.56 Å². The zero-order chi connectivity index (χ0) is 15.9. The molecule has 0 radical (unpaired) electrons. The van der Waals surface area contributed by atoms with E-state index in [0.29, 0.717) is 6.42 Å². The van der Waals surface area contributed by atoms with Crippen molar-refractivity contribution < 1.29 is 17.9 Å². The Hall–Kier alpha value is -1.71. The minimum atomic E-state index is -0.979. The summed E-state index contributed by atoms with van der Waals surface area (Å²) in [6, 6.07) is 4.66. The quantitative estimate of drug-likeness (QED) is 0.579. The summed E-state index contributed by atoms with van der Waals surface area (Å²) >= 11 is 0. The van der Waals surface area contributed by atoms with Crippen molar-refractivity contribution in [3.63, 3.8) is 0 Å². The van der Waals surface area contributed by atoms with E-state index in [2.05, 4.69) is 6.92 Å². The Bertz CT molecular complexity index is 546. The predicted octanol–water partition coefficient (Wildman–Crippen LogP) is 6.08. The predicted molar refractivity (Wildman–Crippen MR) is 81.9 cm³/mol. The third-order valence-electron chi connectivity index (χ3n) is 3.82. The highest BCUT2D eigenvalue weighted by atomic mass is 19.2. The molecule has 1 aliphatic rings. The van der Waals surface area contributed by atoms with Crippen LogP contribution < -0.4 is 0 Å². The second kappa shape index (κ2) is 8.06. The van der Waals surface area contributed by atoms with Crippen LogP contribution in [0.3, 0.4) is 0 Å². The number of hydrogen-bond donors (Lipinski definition) is 0. The van der Waals surface area contributed by atoms with Gasteiger partial charge >= 0.3 is 0 Å². The lowest BCUT2D eigenvalue weighted by molar-refractivity contribution is 0.126. The highest BCUT2D eigenvalue weighted by molar-refractivity contribution is 5.61. The highest BCUT2D eigenvalue weighted by Crippen LogP contribution is 2.31. The van der Waals surface area contributed by atoms with E-state index in [0.717, 1.165) is 49.8 Å². The molecule has 0 aliphatic carbocycles. The second-order valence-electron chi connectivity index (χ2n) is 5.57. The Morgan fingerprint density at radius 2 is 1.91 bits per heavy atom. The van der Waals surface area contributed by atoms with Crippen LogP contribution in [0.2, 0.25) is 0 Å². The fourth-order valence-electron chi connectivity index (χ4n) is 2.47. The summed E-state index contributed by atoms with van der Waals surface area (Å²) in [7, 11) is 0. The van der Waals surface area contributed by atoms with E-state index in [1.807, 2.05) is 0 Å². The summed E-state index contributed by atoms with van der Waals surface area (Å²) in [4.78, 5) is 0. The highest BCUT2D eigenvalue weighted by Gasteiger charge is 2.24. The van der Waals surface area contributed by atoms with E-state index < -0.39 is 23.6 Å². The molecule has 1 aromatic rings. The minimum absolute atomic E-state index is 0.0280. The van der Waals surface area contributed by atoms with Crippen molar-refractivity contribution in [1.82, 2.24) is 0 Å². The third kappa shape index (κ3) is 4.39. The van der Waals surface area contributed by atoms with Crippen LogP contribution in [0.15, 0.2) is 41.9 Å². The van der Waals surface area contributed by atoms with Gasteiger partial charge in [0.1, 0.15) is 5.82 Å². The van der Waals surface area contributed by atoms with Crippen LogP contribution in [0, 0.1) is 5.82 Å². The first-order valence-electron chi connectivity index (χ1n) is 7.76. The van der Waals surface area contributed by atoms with Crippen molar-refractivity contribution in [2.75, 3.05) is 0 Å². The molecule has 0 saturated heterocycles. The lowest BCUT2D eigenvalue weighted by Gasteiger charge is -2.22. The summed E-state index contributed by atoms with van der Waals surface area (Å²) < 4.78 is 46.4. The molecule has 1 heterocycles. The molecule has 120 valence electrons. The van der Waals surface area contributed by atoms with Gasteiger partial charge in [0.05, 0.1) is 6.26 Å². The van der Waals surface area contributed by atoms with Crippen LogP contribution in [0.5, 0.6) is 0 Å². The van der Waals surface area contributed by atoms with Crippen LogP contribution >= 0.6 is 0 Å². The van der Waals surface area contributed by atoms with Gasteiger partial charge in [-0.25, -0.2) is 13.2 Å². The molecule has 1 aliphatic heterocycles. The number of halogens is 3. The number of ether oxygens (including phenoxy) is 1. The van der Waals surface area contributed by atoms with Crippen LogP contribution in [0.25, 0.3) is 5.83 Å². The van der Waals surface area contributed by atoms with Gasteiger partial charge < -0.3 is 4.74 Å². The Morgan fingerprint density at radius 3 is 2.50 bits per heavy atom. The molecule has 1 unspecified atom stereocenters. The number of unbranched alkanes of at least 4 members (excludes halogenated alkanes) is 2. The third-order valence-corrected chi connectivity index (χ3v) is 3.82. The molecule has 0 spiro atoms. The van der Waals surface area contributed by atoms with Gasteiger partial charge in [-0.05, 0) is 55.5 Å². The van der Waals surface area contributed by atoms with Crippen molar-refractivity contribution in [1.29, 1.82) is 0 Å². The van der Waals surface area contributed by atoms with Gasteiger partial charge in [-0.15, -0.1) is 0 Å². The first-order valence-corrected chi connectivity index (χ1v) is 7.76. The first kappa shape index (κ1) is 16.7. The largest absolute Gasteiger partial charge is 0.491 e. The molecule has 2 rings (SSSR count). The average molecular weight is 310 g/mol. The SMILES string of the molecule is CCCCCC1=COC(/C(F)=C(\F)c2ccc(F)cc2)CC1. The molecular formula is C18H21F3O. The summed E-state index contributed by atoms with van der Waals surface area (Å²) in [6.45, 7) is 2.14. The van der Waals surface area contributed by atoms with Gasteiger partial charge in [-0.1, -0.05) is 19.8 Å². The molecule has 22 heavy (non-hydrogen) atoms. The Kier molecular flexibility index (Phi) is 6.10. The first-order chi connectivity index (χ1) is 10.6. The zero-order valence-corrected chi connectivity index (χ0v) is 12.7. The summed E-state index contributed by atoms with van der Waals surface area (Å²) in [6.07, 6.45) is 6.19. The Labute approximate surface area is 129 Å². The summed E-state index contributed by atoms with van der Waals surface area (Å²) in [5, 5.41) is 0. The monoisotopic (exact) mass is 310 g/mol. The lowest BCUT2D eigenvalue weighted by atomic mass is 9.99. The minimum Gasteiger partial charge on any atom is -0.491 e. The van der Waals surface area contributed by atoms with Gasteiger partial charge in [0, 0.05) is 5.56 Å². The van der Waals surface area contributed by atoms with Gasteiger partial charge in [-0.3, -0.25) is 0 Å². The van der Waals surface area contributed by atoms with Crippen molar-refractivity contribution in [3.8, 4) is 0 Å². The summed E-state index contributed by atoms with van der Waals surface area (Å²) in [5.41, 5.74) is 1.18. The maximum absolute atomic E-state index is 14.2. The molecule has 0 amide bonds. The molecule has 0 N–H and O–H groups in total. The Balaban J connectivity index is 2.00. The van der Waals surface area contributed by atoms with Crippen LogP contribution in [0.1, 0.15) is 51.0 Å². The molecule has 4 heteroatoms. The van der Waals surface area contributed by atoms with Crippen LogP contribution in [0.4, 0.5) is 13.2 Å². The number of hydrogen-bond acceptors (Lipinski definition) is 1. The average Bonchev–Trinajstić information content (AvgIpc) is 2.55. The molecular weight excluding hydrogens is 289 g/mol. The number of benzene rings is 1. The van der Waals surface area contributed by atoms with Crippen LogP contribution in [-0.4, -0.2) is 6.10 Å². The van der Waals surface area contributed by atoms with Crippen LogP contribution in [-0.2, 0) is 4.74 Å². The van der Waals surface area contributed by atoms with Crippen molar-refractivity contribution in [3.05, 3.63) is 53.3 Å². The Morgan fingerprint density at radius 1 is 1.18 bits per heavy atom. The molecule has 0 bridgehead atoms. The van der Waals surface area contributed by atoms with Crippen molar-refractivity contribution in [2.45, 2.75) is 51.6 Å². The van der Waals surface area contributed by atoms with E-state index in [9.17, 15) is 13.2 Å². The molecule has 1 aromatic carbocycles. The fourth-order valence-corrected chi connectivity index (χ4v) is 2.47. The molecule has 0 aromatic heterocycles. The van der Waals surface area contributed by atoms with E-state index >= 15 is 0 Å². The maximum atomic E-state index is 14.2.